The first-order valence-corrected chi connectivity index (χ1v) is 9.28. The van der Waals surface area contributed by atoms with E-state index in [2.05, 4.69) is 10.1 Å². The van der Waals surface area contributed by atoms with E-state index in [0.29, 0.717) is 16.5 Å². The number of nitrogens with one attached hydrogen (secondary N) is 1. The Balaban J connectivity index is 1.66. The van der Waals surface area contributed by atoms with Gasteiger partial charge in [-0.25, -0.2) is 4.79 Å². The van der Waals surface area contributed by atoms with Crippen LogP contribution in [0.25, 0.3) is 10.8 Å². The highest BCUT2D eigenvalue weighted by molar-refractivity contribution is 6.25. The Labute approximate surface area is 167 Å². The van der Waals surface area contributed by atoms with Crippen molar-refractivity contribution in [2.24, 2.45) is 0 Å². The molecule has 2 atom stereocenters. The number of esters is 1. The Morgan fingerprint density at radius 3 is 2.21 bits per heavy atom. The lowest BCUT2D eigenvalue weighted by Gasteiger charge is -2.27. The third-order valence-electron chi connectivity index (χ3n) is 4.90. The van der Waals surface area contributed by atoms with Gasteiger partial charge in [-0.2, -0.15) is 0 Å². The maximum absolute atomic E-state index is 12.8. The largest absolute Gasteiger partial charge is 0.467 e. The average Bonchev–Trinajstić information content (AvgIpc) is 2.71. The number of benzene rings is 2. The standard InChI is InChI=1S/C21H22N2O6/c1-12(24)18(21(28)29-2)22-16(25)10-5-11-23-19(26)14-8-3-6-13-7-4-9-15(17(13)14)20(23)27/h3-4,6-9,12,18,24H,5,10-11H2,1-2H3,(H,22,25)/t12-,18-/m0/s1. The van der Waals surface area contributed by atoms with Gasteiger partial charge in [-0.05, 0) is 30.9 Å². The van der Waals surface area contributed by atoms with E-state index in [-0.39, 0.29) is 19.4 Å². The monoisotopic (exact) mass is 398 g/mol. The van der Waals surface area contributed by atoms with Crippen LogP contribution in [0.2, 0.25) is 0 Å². The number of hydrogen-bond acceptors (Lipinski definition) is 6. The topological polar surface area (TPSA) is 113 Å². The number of rotatable bonds is 7. The van der Waals surface area contributed by atoms with Gasteiger partial charge in [0.2, 0.25) is 5.91 Å². The van der Waals surface area contributed by atoms with Gasteiger partial charge < -0.3 is 15.2 Å². The molecule has 1 aliphatic heterocycles. The predicted octanol–water partition coefficient (Wildman–Crippen LogP) is 1.25. The van der Waals surface area contributed by atoms with Crippen molar-refractivity contribution in [3.63, 3.8) is 0 Å². The van der Waals surface area contributed by atoms with E-state index in [4.69, 9.17) is 0 Å². The van der Waals surface area contributed by atoms with Gasteiger partial charge in [0.25, 0.3) is 11.8 Å². The van der Waals surface area contributed by atoms with E-state index in [9.17, 15) is 24.3 Å². The van der Waals surface area contributed by atoms with Crippen molar-refractivity contribution in [2.75, 3.05) is 13.7 Å². The smallest absolute Gasteiger partial charge is 0.331 e. The quantitative estimate of drug-likeness (QED) is 0.536. The van der Waals surface area contributed by atoms with E-state index in [1.165, 1.54) is 6.92 Å². The zero-order valence-corrected chi connectivity index (χ0v) is 16.2. The highest BCUT2D eigenvalue weighted by atomic mass is 16.5. The highest BCUT2D eigenvalue weighted by Crippen LogP contribution is 2.30. The van der Waals surface area contributed by atoms with Gasteiger partial charge >= 0.3 is 5.97 Å². The normalized spacial score (nSPS) is 15.2. The number of ether oxygens (including phenoxy) is 1. The highest BCUT2D eigenvalue weighted by Gasteiger charge is 2.32. The third-order valence-corrected chi connectivity index (χ3v) is 4.90. The van der Waals surface area contributed by atoms with Crippen LogP contribution in [0.15, 0.2) is 36.4 Å². The third kappa shape index (κ3) is 3.97. The molecule has 3 rings (SSSR count). The van der Waals surface area contributed by atoms with Crippen molar-refractivity contribution in [3.05, 3.63) is 47.5 Å². The number of aliphatic hydroxyl groups is 1. The van der Waals surface area contributed by atoms with Crippen LogP contribution in [-0.2, 0) is 14.3 Å². The molecular formula is C21H22N2O6. The second kappa shape index (κ2) is 8.40. The van der Waals surface area contributed by atoms with Gasteiger partial charge in [0.15, 0.2) is 6.04 Å². The maximum Gasteiger partial charge on any atom is 0.331 e. The lowest BCUT2D eigenvalue weighted by atomic mass is 9.94. The number of carbonyl (C=O) groups excluding carboxylic acids is 4. The first-order valence-electron chi connectivity index (χ1n) is 9.28. The first kappa shape index (κ1) is 20.5. The molecular weight excluding hydrogens is 376 g/mol. The molecule has 0 unspecified atom stereocenters. The molecule has 2 aromatic rings. The van der Waals surface area contributed by atoms with Crippen LogP contribution in [0.5, 0.6) is 0 Å². The summed E-state index contributed by atoms with van der Waals surface area (Å²) in [4.78, 5) is 50.5. The summed E-state index contributed by atoms with van der Waals surface area (Å²) in [5.74, 6) is -2.02. The summed E-state index contributed by atoms with van der Waals surface area (Å²) in [6.45, 7) is 1.43. The van der Waals surface area contributed by atoms with Crippen molar-refractivity contribution in [1.82, 2.24) is 10.2 Å². The van der Waals surface area contributed by atoms with Crippen LogP contribution in [0.3, 0.4) is 0 Å². The van der Waals surface area contributed by atoms with E-state index < -0.39 is 35.8 Å². The summed E-state index contributed by atoms with van der Waals surface area (Å²) < 4.78 is 4.55. The fourth-order valence-electron chi connectivity index (χ4n) is 3.43. The Kier molecular flexibility index (Phi) is 5.93. The van der Waals surface area contributed by atoms with E-state index in [0.717, 1.165) is 17.4 Å². The van der Waals surface area contributed by atoms with Gasteiger partial charge in [0.05, 0.1) is 13.2 Å². The molecule has 1 heterocycles. The maximum atomic E-state index is 12.8. The zero-order valence-electron chi connectivity index (χ0n) is 16.2. The molecule has 0 saturated carbocycles. The predicted molar refractivity (Wildman–Crippen MR) is 104 cm³/mol. The van der Waals surface area contributed by atoms with Gasteiger partial charge in [-0.3, -0.25) is 19.3 Å². The molecule has 3 amide bonds. The SMILES string of the molecule is COC(=O)[C@@H](NC(=O)CCCN1C(=O)c2cccc3cccc(c23)C1=O)[C@H](C)O. The summed E-state index contributed by atoms with van der Waals surface area (Å²) in [6, 6.07) is 9.43. The van der Waals surface area contributed by atoms with Crippen LogP contribution >= 0.6 is 0 Å². The summed E-state index contributed by atoms with van der Waals surface area (Å²) in [5.41, 5.74) is 0.920. The number of nitrogens with zero attached hydrogens (tertiary/aromatic N) is 1. The molecule has 8 nitrogen and oxygen atoms in total. The van der Waals surface area contributed by atoms with Crippen LogP contribution in [0.1, 0.15) is 40.5 Å². The lowest BCUT2D eigenvalue weighted by Crippen LogP contribution is -2.48. The first-order chi connectivity index (χ1) is 13.8. The number of imide groups is 1. The average molecular weight is 398 g/mol. The summed E-state index contributed by atoms with van der Waals surface area (Å²) in [5, 5.41) is 13.5. The Bertz CT molecular complexity index is 934. The molecule has 2 aromatic carbocycles. The van der Waals surface area contributed by atoms with Gasteiger partial charge in [0.1, 0.15) is 0 Å². The van der Waals surface area contributed by atoms with Gasteiger partial charge in [-0.15, -0.1) is 0 Å². The minimum atomic E-state index is -1.17. The molecule has 0 aromatic heterocycles. The molecule has 0 radical (unpaired) electrons. The second-order valence-electron chi connectivity index (χ2n) is 6.88. The Morgan fingerprint density at radius 2 is 1.69 bits per heavy atom. The Morgan fingerprint density at radius 1 is 1.10 bits per heavy atom. The van der Waals surface area contributed by atoms with Gasteiger partial charge in [-0.1, -0.05) is 24.3 Å². The van der Waals surface area contributed by atoms with E-state index >= 15 is 0 Å². The van der Waals surface area contributed by atoms with Crippen LogP contribution in [0.4, 0.5) is 0 Å². The fourth-order valence-corrected chi connectivity index (χ4v) is 3.43. The molecule has 0 saturated heterocycles. The van der Waals surface area contributed by atoms with Crippen molar-refractivity contribution >= 4 is 34.5 Å². The van der Waals surface area contributed by atoms with Crippen LogP contribution < -0.4 is 5.32 Å². The van der Waals surface area contributed by atoms with Crippen LogP contribution in [-0.4, -0.2) is 59.5 Å². The molecule has 2 N–H and O–H groups in total. The minimum absolute atomic E-state index is 0.0247. The van der Waals surface area contributed by atoms with Crippen LogP contribution in [0, 0.1) is 0 Å². The van der Waals surface area contributed by atoms with Crippen molar-refractivity contribution in [3.8, 4) is 0 Å². The van der Waals surface area contributed by atoms with E-state index in [1.807, 2.05) is 12.1 Å². The number of carbonyl (C=O) groups is 4. The molecule has 152 valence electrons. The number of methoxy groups -OCH3 is 1. The summed E-state index contributed by atoms with van der Waals surface area (Å²) in [7, 11) is 1.16. The van der Waals surface area contributed by atoms with Gasteiger partial charge in [0, 0.05) is 29.5 Å². The Hall–Kier alpha value is -3.26. The molecule has 0 aliphatic carbocycles. The minimum Gasteiger partial charge on any atom is -0.467 e. The molecule has 0 fully saturated rings. The lowest BCUT2D eigenvalue weighted by molar-refractivity contribution is -0.148. The number of aliphatic hydroxyl groups excluding tert-OH is 1. The summed E-state index contributed by atoms with van der Waals surface area (Å²) >= 11 is 0. The van der Waals surface area contributed by atoms with Crippen molar-refractivity contribution < 1.29 is 29.0 Å². The van der Waals surface area contributed by atoms with Crippen molar-refractivity contribution in [2.45, 2.75) is 31.9 Å². The molecule has 29 heavy (non-hydrogen) atoms. The molecule has 0 bridgehead atoms. The molecule has 8 heteroatoms. The number of amides is 3. The zero-order chi connectivity index (χ0) is 21.1. The summed E-state index contributed by atoms with van der Waals surface area (Å²) in [6.07, 6.45) is -0.924. The van der Waals surface area contributed by atoms with Crippen molar-refractivity contribution in [1.29, 1.82) is 0 Å². The fraction of sp³-hybridized carbons (Fsp3) is 0.333. The second-order valence-corrected chi connectivity index (χ2v) is 6.88. The number of hydrogen-bond donors (Lipinski definition) is 2. The molecule has 1 aliphatic rings. The van der Waals surface area contributed by atoms with E-state index in [1.54, 1.807) is 24.3 Å². The molecule has 0 spiro atoms.